The van der Waals surface area contributed by atoms with Crippen molar-refractivity contribution in [2.24, 2.45) is 17.8 Å². The maximum Gasteiger partial charge on any atom is 0.272 e. The average Bonchev–Trinajstić information content (AvgIpc) is 2.73. The van der Waals surface area contributed by atoms with Crippen molar-refractivity contribution in [2.75, 3.05) is 12.8 Å². The van der Waals surface area contributed by atoms with Crippen molar-refractivity contribution in [1.82, 2.24) is 16.1 Å². The van der Waals surface area contributed by atoms with E-state index in [9.17, 15) is 19.5 Å². The fourth-order valence-corrected chi connectivity index (χ4v) is 5.19. The Labute approximate surface area is 184 Å². The summed E-state index contributed by atoms with van der Waals surface area (Å²) in [6.07, 6.45) is 4.67. The van der Waals surface area contributed by atoms with E-state index in [1.54, 1.807) is 11.8 Å². The lowest BCUT2D eigenvalue weighted by Crippen LogP contribution is -2.58. The summed E-state index contributed by atoms with van der Waals surface area (Å²) < 4.78 is -0.584. The molecule has 0 bridgehead atoms. The molecule has 1 aliphatic carbocycles. The van der Waals surface area contributed by atoms with Gasteiger partial charge in [-0.2, -0.15) is 11.8 Å². The van der Waals surface area contributed by atoms with Crippen LogP contribution in [-0.4, -0.2) is 57.7 Å². The van der Waals surface area contributed by atoms with E-state index in [1.807, 2.05) is 27.7 Å². The van der Waals surface area contributed by atoms with Crippen LogP contribution in [0.2, 0.25) is 0 Å². The second-order valence-corrected chi connectivity index (χ2v) is 10.8. The molecule has 9 heteroatoms. The Hall–Kier alpha value is -1.32. The zero-order chi connectivity index (χ0) is 22.9. The monoisotopic (exact) mass is 445 g/mol. The van der Waals surface area contributed by atoms with Crippen LogP contribution >= 0.6 is 11.8 Å². The van der Waals surface area contributed by atoms with Crippen molar-refractivity contribution < 1.29 is 24.7 Å². The summed E-state index contributed by atoms with van der Waals surface area (Å²) >= 11 is 1.67. The number of carbonyl (C=O) groups excluding carboxylic acids is 3. The third kappa shape index (κ3) is 8.07. The summed E-state index contributed by atoms with van der Waals surface area (Å²) in [5, 5.41) is 24.5. The van der Waals surface area contributed by atoms with E-state index in [0.29, 0.717) is 5.92 Å². The standard InChI is InChI=1S/C21H39N3O5S/c1-13(2)11-15(16(25)19(27)24-29)18(26)23-17(20(28)22-5)21(3,4)30-12-14-9-7-6-8-10-14/h13-17,25,29H,6-12H2,1-5H3,(H,22,28)(H,23,26)(H,24,27). The zero-order valence-corrected chi connectivity index (χ0v) is 19.7. The largest absolute Gasteiger partial charge is 0.382 e. The van der Waals surface area contributed by atoms with Gasteiger partial charge in [0.25, 0.3) is 5.91 Å². The van der Waals surface area contributed by atoms with E-state index < -0.39 is 34.6 Å². The van der Waals surface area contributed by atoms with Gasteiger partial charge >= 0.3 is 0 Å². The van der Waals surface area contributed by atoms with Gasteiger partial charge in [0.1, 0.15) is 12.1 Å². The quantitative estimate of drug-likeness (QED) is 0.244. The van der Waals surface area contributed by atoms with E-state index in [2.05, 4.69) is 10.6 Å². The van der Waals surface area contributed by atoms with E-state index in [1.165, 1.54) is 44.6 Å². The van der Waals surface area contributed by atoms with Gasteiger partial charge in [0.05, 0.1) is 5.92 Å². The Bertz CT molecular complexity index is 579. The van der Waals surface area contributed by atoms with Crippen molar-refractivity contribution in [3.8, 4) is 0 Å². The Morgan fingerprint density at radius 2 is 1.67 bits per heavy atom. The number of carbonyl (C=O) groups is 3. The van der Waals surface area contributed by atoms with Gasteiger partial charge < -0.3 is 15.7 Å². The van der Waals surface area contributed by atoms with Crippen LogP contribution < -0.4 is 16.1 Å². The van der Waals surface area contributed by atoms with Gasteiger partial charge in [-0.25, -0.2) is 5.48 Å². The first-order valence-corrected chi connectivity index (χ1v) is 11.8. The summed E-state index contributed by atoms with van der Waals surface area (Å²) in [5.74, 6) is -1.47. The van der Waals surface area contributed by atoms with Gasteiger partial charge in [-0.05, 0) is 50.7 Å². The summed E-state index contributed by atoms with van der Waals surface area (Å²) in [7, 11) is 1.52. The first-order chi connectivity index (χ1) is 14.0. The second kappa shape index (κ2) is 12.5. The number of likely N-dealkylation sites (N-methyl/N-ethyl adjacent to an activating group) is 1. The highest BCUT2D eigenvalue weighted by molar-refractivity contribution is 8.00. The molecule has 0 saturated heterocycles. The first kappa shape index (κ1) is 26.7. The number of hydrogen-bond donors (Lipinski definition) is 5. The number of hydroxylamine groups is 1. The maximum absolute atomic E-state index is 13.0. The highest BCUT2D eigenvalue weighted by Crippen LogP contribution is 2.35. The van der Waals surface area contributed by atoms with Crippen LogP contribution in [0.4, 0.5) is 0 Å². The third-order valence-corrected chi connectivity index (χ3v) is 7.35. The molecule has 1 rings (SSSR count). The summed E-state index contributed by atoms with van der Waals surface area (Å²) in [4.78, 5) is 37.3. The topological polar surface area (TPSA) is 128 Å². The molecule has 1 saturated carbocycles. The molecule has 0 aromatic carbocycles. The molecule has 0 aromatic heterocycles. The van der Waals surface area contributed by atoms with Crippen LogP contribution in [0.1, 0.15) is 66.2 Å². The maximum atomic E-state index is 13.0. The molecule has 3 unspecified atom stereocenters. The third-order valence-electron chi connectivity index (χ3n) is 5.73. The minimum Gasteiger partial charge on any atom is -0.382 e. The lowest BCUT2D eigenvalue weighted by atomic mass is 9.90. The first-order valence-electron chi connectivity index (χ1n) is 10.8. The van der Waals surface area contributed by atoms with Gasteiger partial charge in [-0.3, -0.25) is 19.6 Å². The van der Waals surface area contributed by atoms with E-state index in [0.717, 1.165) is 5.75 Å². The second-order valence-electron chi connectivity index (χ2n) is 9.13. The minimum absolute atomic E-state index is 0.0223. The molecule has 0 spiro atoms. The summed E-state index contributed by atoms with van der Waals surface area (Å²) in [6, 6.07) is -0.831. The van der Waals surface area contributed by atoms with E-state index >= 15 is 0 Å². The number of nitrogens with one attached hydrogen (secondary N) is 3. The molecule has 0 heterocycles. The van der Waals surface area contributed by atoms with Crippen LogP contribution in [-0.2, 0) is 14.4 Å². The molecule has 8 nitrogen and oxygen atoms in total. The SMILES string of the molecule is CNC(=O)C(NC(=O)C(CC(C)C)C(O)C(=O)NO)C(C)(C)SCC1CCCCC1. The summed E-state index contributed by atoms with van der Waals surface area (Å²) in [5.41, 5.74) is 1.40. The highest BCUT2D eigenvalue weighted by atomic mass is 32.2. The Morgan fingerprint density at radius 1 is 1.07 bits per heavy atom. The number of aliphatic hydroxyl groups is 1. The molecule has 174 valence electrons. The molecule has 1 fully saturated rings. The predicted octanol–water partition coefficient (Wildman–Crippen LogP) is 1.84. The van der Waals surface area contributed by atoms with Crippen LogP contribution in [0, 0.1) is 17.8 Å². The average molecular weight is 446 g/mol. The van der Waals surface area contributed by atoms with Crippen molar-refractivity contribution >= 4 is 29.5 Å². The lowest BCUT2D eigenvalue weighted by Gasteiger charge is -2.36. The molecular formula is C21H39N3O5S. The van der Waals surface area contributed by atoms with Crippen LogP contribution in [0.3, 0.4) is 0 Å². The summed E-state index contributed by atoms with van der Waals surface area (Å²) in [6.45, 7) is 7.58. The van der Waals surface area contributed by atoms with Crippen molar-refractivity contribution in [3.05, 3.63) is 0 Å². The van der Waals surface area contributed by atoms with Crippen LogP contribution in [0.5, 0.6) is 0 Å². The number of thioether (sulfide) groups is 1. The number of aliphatic hydroxyl groups excluding tert-OH is 1. The molecule has 3 amide bonds. The molecular weight excluding hydrogens is 406 g/mol. The van der Waals surface area contributed by atoms with Gasteiger partial charge in [0, 0.05) is 11.8 Å². The fraction of sp³-hybridized carbons (Fsp3) is 0.857. The van der Waals surface area contributed by atoms with E-state index in [-0.39, 0.29) is 18.2 Å². The Kier molecular flexibility index (Phi) is 11.1. The number of rotatable bonds is 11. The smallest absolute Gasteiger partial charge is 0.272 e. The fourth-order valence-electron chi connectivity index (χ4n) is 3.85. The van der Waals surface area contributed by atoms with Gasteiger partial charge in [0.15, 0.2) is 0 Å². The molecule has 0 aromatic rings. The van der Waals surface area contributed by atoms with Crippen molar-refractivity contribution in [2.45, 2.75) is 83.1 Å². The molecule has 0 radical (unpaired) electrons. The van der Waals surface area contributed by atoms with Gasteiger partial charge in [-0.15, -0.1) is 0 Å². The predicted molar refractivity (Wildman–Crippen MR) is 118 cm³/mol. The molecule has 5 N–H and O–H groups in total. The number of amides is 3. The molecule has 3 atom stereocenters. The van der Waals surface area contributed by atoms with E-state index in [4.69, 9.17) is 5.21 Å². The van der Waals surface area contributed by atoms with Crippen molar-refractivity contribution in [1.29, 1.82) is 0 Å². The lowest BCUT2D eigenvalue weighted by molar-refractivity contribution is -0.147. The Balaban J connectivity index is 2.95. The number of hydrogen-bond acceptors (Lipinski definition) is 6. The normalized spacial score (nSPS) is 18.4. The molecule has 1 aliphatic rings. The van der Waals surface area contributed by atoms with Crippen LogP contribution in [0.25, 0.3) is 0 Å². The van der Waals surface area contributed by atoms with Gasteiger partial charge in [0.2, 0.25) is 11.8 Å². The minimum atomic E-state index is -1.71. The Morgan fingerprint density at radius 3 is 2.17 bits per heavy atom. The highest BCUT2D eigenvalue weighted by Gasteiger charge is 2.40. The zero-order valence-electron chi connectivity index (χ0n) is 18.9. The molecule has 30 heavy (non-hydrogen) atoms. The molecule has 0 aliphatic heterocycles. The van der Waals surface area contributed by atoms with Gasteiger partial charge in [-0.1, -0.05) is 33.1 Å². The van der Waals surface area contributed by atoms with Crippen LogP contribution in [0.15, 0.2) is 0 Å². The van der Waals surface area contributed by atoms with Crippen molar-refractivity contribution in [3.63, 3.8) is 0 Å².